The molecule has 6 nitrogen and oxygen atoms in total. The van der Waals surface area contributed by atoms with Gasteiger partial charge in [0.05, 0.1) is 12.6 Å². The van der Waals surface area contributed by atoms with Crippen LogP contribution in [0.3, 0.4) is 0 Å². The fraction of sp³-hybridized carbons (Fsp3) is 0.400. The summed E-state index contributed by atoms with van der Waals surface area (Å²) in [5, 5.41) is 24.1. The van der Waals surface area contributed by atoms with E-state index >= 15 is 0 Å². The van der Waals surface area contributed by atoms with E-state index < -0.39 is 12.1 Å². The van der Waals surface area contributed by atoms with Gasteiger partial charge in [0.1, 0.15) is 5.01 Å². The zero-order valence-electron chi connectivity index (χ0n) is 12.6. The summed E-state index contributed by atoms with van der Waals surface area (Å²) in [5.41, 5.74) is 0.845. The molecule has 1 aromatic heterocycles. The fourth-order valence-corrected chi connectivity index (χ4v) is 2.89. The molecule has 22 heavy (non-hydrogen) atoms. The summed E-state index contributed by atoms with van der Waals surface area (Å²) < 4.78 is 0. The Labute approximate surface area is 133 Å². The van der Waals surface area contributed by atoms with Crippen molar-refractivity contribution in [3.8, 4) is 0 Å². The normalized spacial score (nSPS) is 12.2. The molecule has 0 saturated heterocycles. The molecule has 0 aliphatic heterocycles. The van der Waals surface area contributed by atoms with Crippen molar-refractivity contribution in [2.24, 2.45) is 5.92 Å². The molecule has 0 radical (unpaired) electrons. The van der Waals surface area contributed by atoms with E-state index in [4.69, 9.17) is 0 Å². The Morgan fingerprint density at radius 2 is 2.00 bits per heavy atom. The summed E-state index contributed by atoms with van der Waals surface area (Å²) in [4.78, 5) is 12.0. The molecule has 0 aliphatic rings. The van der Waals surface area contributed by atoms with E-state index in [0.717, 1.165) is 17.0 Å². The highest BCUT2D eigenvalue weighted by Crippen LogP contribution is 2.18. The monoisotopic (exact) mass is 320 g/mol. The average Bonchev–Trinajstić information content (AvgIpc) is 2.91. The number of amides is 2. The zero-order chi connectivity index (χ0) is 15.9. The van der Waals surface area contributed by atoms with Gasteiger partial charge in [0.25, 0.3) is 0 Å². The molecule has 2 amide bonds. The number of aliphatic hydroxyl groups excluding tert-OH is 1. The number of rotatable bonds is 6. The zero-order valence-corrected chi connectivity index (χ0v) is 13.4. The van der Waals surface area contributed by atoms with Gasteiger partial charge in [-0.2, -0.15) is 0 Å². The van der Waals surface area contributed by atoms with Crippen LogP contribution < -0.4 is 10.6 Å². The van der Waals surface area contributed by atoms with Crippen molar-refractivity contribution in [1.82, 2.24) is 15.5 Å². The van der Waals surface area contributed by atoms with Crippen molar-refractivity contribution < 1.29 is 9.90 Å². The number of hydrogen-bond acceptors (Lipinski definition) is 5. The second-order valence-electron chi connectivity index (χ2n) is 5.34. The van der Waals surface area contributed by atoms with Gasteiger partial charge in [0.2, 0.25) is 5.13 Å². The maximum absolute atomic E-state index is 12.0. The van der Waals surface area contributed by atoms with E-state index in [1.807, 2.05) is 30.3 Å². The van der Waals surface area contributed by atoms with E-state index in [0.29, 0.717) is 11.0 Å². The van der Waals surface area contributed by atoms with Crippen molar-refractivity contribution in [3.63, 3.8) is 0 Å². The van der Waals surface area contributed by atoms with Crippen molar-refractivity contribution in [2.45, 2.75) is 26.3 Å². The number of carbonyl (C=O) groups excluding carboxylic acids is 1. The number of nitrogens with zero attached hydrogens (tertiary/aromatic N) is 2. The number of nitrogens with one attached hydrogen (secondary N) is 2. The molecular formula is C15H20N4O2S. The minimum atomic E-state index is -0.454. The first-order chi connectivity index (χ1) is 10.6. The standard InChI is InChI=1S/C15H20N4O2S/c1-10(2)8-13-18-19-15(22-13)17-14(21)16-12(9-20)11-6-4-3-5-7-11/h3-7,10,12,20H,8-9H2,1-2H3,(H2,16,17,19,21)/t12-/m1/s1. The number of aromatic nitrogens is 2. The molecule has 0 unspecified atom stereocenters. The molecule has 0 spiro atoms. The quantitative estimate of drug-likeness (QED) is 0.763. The van der Waals surface area contributed by atoms with Crippen molar-refractivity contribution in [2.75, 3.05) is 11.9 Å². The molecule has 3 N–H and O–H groups in total. The average molecular weight is 320 g/mol. The number of urea groups is 1. The van der Waals surface area contributed by atoms with Gasteiger partial charge in [-0.3, -0.25) is 5.32 Å². The van der Waals surface area contributed by atoms with Crippen molar-refractivity contribution in [1.29, 1.82) is 0 Å². The van der Waals surface area contributed by atoms with Gasteiger partial charge in [-0.05, 0) is 11.5 Å². The molecule has 2 aromatic rings. The number of aliphatic hydroxyl groups is 1. The van der Waals surface area contributed by atoms with Crippen LogP contribution in [0.1, 0.15) is 30.5 Å². The second kappa shape index (κ2) is 7.86. The molecule has 0 bridgehead atoms. The van der Waals surface area contributed by atoms with Crippen molar-refractivity contribution in [3.05, 3.63) is 40.9 Å². The summed E-state index contributed by atoms with van der Waals surface area (Å²) >= 11 is 1.36. The minimum Gasteiger partial charge on any atom is -0.394 e. The van der Waals surface area contributed by atoms with Crippen LogP contribution in [-0.4, -0.2) is 27.9 Å². The van der Waals surface area contributed by atoms with Gasteiger partial charge in [0, 0.05) is 6.42 Å². The Hall–Kier alpha value is -1.99. The molecular weight excluding hydrogens is 300 g/mol. The molecule has 1 aromatic carbocycles. The first-order valence-corrected chi connectivity index (χ1v) is 7.96. The lowest BCUT2D eigenvalue weighted by molar-refractivity contribution is 0.225. The number of carbonyl (C=O) groups is 1. The summed E-state index contributed by atoms with van der Waals surface area (Å²) in [6.07, 6.45) is 0.838. The highest BCUT2D eigenvalue weighted by molar-refractivity contribution is 7.15. The van der Waals surface area contributed by atoms with E-state index in [9.17, 15) is 9.90 Å². The number of hydrogen-bond donors (Lipinski definition) is 3. The van der Waals surface area contributed by atoms with E-state index in [1.54, 1.807) is 0 Å². The predicted octanol–water partition coefficient (Wildman–Crippen LogP) is 2.59. The molecule has 1 atom stereocenters. The highest BCUT2D eigenvalue weighted by atomic mass is 32.1. The maximum Gasteiger partial charge on any atom is 0.321 e. The molecule has 0 aliphatic carbocycles. The Kier molecular flexibility index (Phi) is 5.85. The lowest BCUT2D eigenvalue weighted by atomic mass is 10.1. The Bertz CT molecular complexity index is 601. The summed E-state index contributed by atoms with van der Waals surface area (Å²) in [7, 11) is 0. The minimum absolute atomic E-state index is 0.174. The number of benzene rings is 1. The van der Waals surface area contributed by atoms with Gasteiger partial charge < -0.3 is 10.4 Å². The molecule has 0 fully saturated rings. The SMILES string of the molecule is CC(C)Cc1nnc(NC(=O)N[C@H](CO)c2ccccc2)s1. The Morgan fingerprint density at radius 1 is 1.27 bits per heavy atom. The third-order valence-electron chi connectivity index (χ3n) is 2.96. The summed E-state index contributed by atoms with van der Waals surface area (Å²) in [6, 6.07) is 8.45. The third-order valence-corrected chi connectivity index (χ3v) is 3.82. The van der Waals surface area contributed by atoms with Crippen LogP contribution in [0.5, 0.6) is 0 Å². The second-order valence-corrected chi connectivity index (χ2v) is 6.41. The largest absolute Gasteiger partial charge is 0.394 e. The van der Waals surface area contributed by atoms with E-state index in [1.165, 1.54) is 11.3 Å². The molecule has 0 saturated carbocycles. The molecule has 7 heteroatoms. The third kappa shape index (κ3) is 4.78. The first-order valence-electron chi connectivity index (χ1n) is 7.14. The van der Waals surface area contributed by atoms with Crippen LogP contribution in [0.25, 0.3) is 0 Å². The van der Waals surface area contributed by atoms with Crippen LogP contribution in [0.15, 0.2) is 30.3 Å². The first kappa shape index (κ1) is 16.4. The Balaban J connectivity index is 1.93. The lowest BCUT2D eigenvalue weighted by Gasteiger charge is -2.16. The topological polar surface area (TPSA) is 87.1 Å². The fourth-order valence-electron chi connectivity index (χ4n) is 1.95. The van der Waals surface area contributed by atoms with Gasteiger partial charge in [0.15, 0.2) is 0 Å². The summed E-state index contributed by atoms with van der Waals surface area (Å²) in [6.45, 7) is 4.03. The van der Waals surface area contributed by atoms with Crippen LogP contribution >= 0.6 is 11.3 Å². The predicted molar refractivity (Wildman–Crippen MR) is 86.9 cm³/mol. The maximum atomic E-state index is 12.0. The van der Waals surface area contributed by atoms with Crippen LogP contribution in [0.4, 0.5) is 9.93 Å². The number of anilines is 1. The van der Waals surface area contributed by atoms with Crippen LogP contribution in [0, 0.1) is 5.92 Å². The van der Waals surface area contributed by atoms with Gasteiger partial charge >= 0.3 is 6.03 Å². The van der Waals surface area contributed by atoms with Gasteiger partial charge in [-0.1, -0.05) is 55.5 Å². The lowest BCUT2D eigenvalue weighted by Crippen LogP contribution is -2.34. The smallest absolute Gasteiger partial charge is 0.321 e. The van der Waals surface area contributed by atoms with Gasteiger partial charge in [-0.25, -0.2) is 4.79 Å². The van der Waals surface area contributed by atoms with Gasteiger partial charge in [-0.15, -0.1) is 10.2 Å². The Morgan fingerprint density at radius 3 is 2.64 bits per heavy atom. The molecule has 118 valence electrons. The van der Waals surface area contributed by atoms with Crippen LogP contribution in [-0.2, 0) is 6.42 Å². The van der Waals surface area contributed by atoms with Crippen LogP contribution in [0.2, 0.25) is 0 Å². The highest BCUT2D eigenvalue weighted by Gasteiger charge is 2.15. The molecule has 2 rings (SSSR count). The van der Waals surface area contributed by atoms with E-state index in [2.05, 4.69) is 34.7 Å². The molecule has 1 heterocycles. The summed E-state index contributed by atoms with van der Waals surface area (Å²) in [5.74, 6) is 0.492. The van der Waals surface area contributed by atoms with E-state index in [-0.39, 0.29) is 6.61 Å². The van der Waals surface area contributed by atoms with Crippen molar-refractivity contribution >= 4 is 22.5 Å².